The van der Waals surface area contributed by atoms with Crippen molar-refractivity contribution in [3.63, 3.8) is 0 Å². The predicted molar refractivity (Wildman–Crippen MR) is 71.3 cm³/mol. The maximum Gasteiger partial charge on any atom is 0.117 e. The monoisotopic (exact) mass is 238 g/mol. The van der Waals surface area contributed by atoms with Crippen LogP contribution in [-0.2, 0) is 0 Å². The zero-order valence-corrected chi connectivity index (χ0v) is 9.89. The summed E-state index contributed by atoms with van der Waals surface area (Å²) < 4.78 is 2.62. The van der Waals surface area contributed by atoms with E-state index < -0.39 is 0 Å². The normalized spacial score (nSPS) is 10.3. The van der Waals surface area contributed by atoms with Gasteiger partial charge in [-0.05, 0) is 24.3 Å². The first-order valence-electron chi connectivity index (χ1n) is 5.16. The van der Waals surface area contributed by atoms with Gasteiger partial charge in [0.2, 0.25) is 0 Å². The van der Waals surface area contributed by atoms with E-state index in [2.05, 4.69) is 0 Å². The molecule has 0 unspecified atom stereocenters. The molecule has 17 heavy (non-hydrogen) atoms. The number of nitrogens with zero attached hydrogens (tertiary/aromatic N) is 2. The van der Waals surface area contributed by atoms with Crippen LogP contribution in [0.3, 0.4) is 0 Å². The van der Waals surface area contributed by atoms with Crippen molar-refractivity contribution in [3.05, 3.63) is 64.9 Å². The predicted octanol–water partition coefficient (Wildman–Crippen LogP) is 3.74. The second-order valence-electron chi connectivity index (χ2n) is 3.44. The molecule has 0 aliphatic carbocycles. The van der Waals surface area contributed by atoms with E-state index in [4.69, 9.17) is 17.5 Å². The van der Waals surface area contributed by atoms with Gasteiger partial charge in [-0.25, -0.2) is 0 Å². The van der Waals surface area contributed by atoms with Gasteiger partial charge in [-0.2, -0.15) is 5.26 Å². The summed E-state index contributed by atoms with van der Waals surface area (Å²) >= 11 is 5.39. The standard InChI is InChI=1S/C14H10N2S/c15-10-4-6-12-7-5-11-16(14(12)17)13-8-2-1-3-9-13/h1-9,11H/b6-4-. The summed E-state index contributed by atoms with van der Waals surface area (Å²) in [6.45, 7) is 0. The van der Waals surface area contributed by atoms with Gasteiger partial charge in [0, 0.05) is 23.5 Å². The molecule has 0 N–H and O–H groups in total. The molecule has 1 aromatic heterocycles. The number of para-hydroxylation sites is 1. The first kappa shape index (κ1) is 11.3. The Morgan fingerprint density at radius 1 is 1.12 bits per heavy atom. The maximum absolute atomic E-state index is 8.53. The van der Waals surface area contributed by atoms with Crippen LogP contribution >= 0.6 is 12.2 Å². The highest BCUT2D eigenvalue weighted by atomic mass is 32.1. The molecule has 2 aromatic rings. The summed E-state index contributed by atoms with van der Waals surface area (Å²) in [5, 5.41) is 8.53. The van der Waals surface area contributed by atoms with Crippen molar-refractivity contribution in [1.29, 1.82) is 5.26 Å². The smallest absolute Gasteiger partial charge is 0.117 e. The Bertz CT molecular complexity index is 633. The van der Waals surface area contributed by atoms with Crippen LogP contribution in [0.4, 0.5) is 0 Å². The first-order valence-corrected chi connectivity index (χ1v) is 5.57. The largest absolute Gasteiger partial charge is 0.308 e. The lowest BCUT2D eigenvalue weighted by molar-refractivity contribution is 1.02. The summed E-state index contributed by atoms with van der Waals surface area (Å²) in [6.07, 6.45) is 5.07. The third-order valence-electron chi connectivity index (χ3n) is 2.35. The third-order valence-corrected chi connectivity index (χ3v) is 2.78. The molecule has 0 amide bonds. The Labute approximate surface area is 105 Å². The lowest BCUT2D eigenvalue weighted by Gasteiger charge is -2.07. The van der Waals surface area contributed by atoms with Gasteiger partial charge in [-0.15, -0.1) is 0 Å². The Morgan fingerprint density at radius 2 is 1.88 bits per heavy atom. The van der Waals surface area contributed by atoms with Crippen LogP contribution in [0.15, 0.2) is 54.7 Å². The van der Waals surface area contributed by atoms with Gasteiger partial charge in [-0.1, -0.05) is 36.5 Å². The zero-order valence-electron chi connectivity index (χ0n) is 9.08. The number of nitriles is 1. The second-order valence-corrected chi connectivity index (χ2v) is 3.82. The van der Waals surface area contributed by atoms with Crippen molar-refractivity contribution in [1.82, 2.24) is 4.57 Å². The summed E-state index contributed by atoms with van der Waals surface area (Å²) in [5.41, 5.74) is 1.89. The van der Waals surface area contributed by atoms with Crippen LogP contribution in [0, 0.1) is 16.0 Å². The molecule has 1 heterocycles. The van der Waals surface area contributed by atoms with E-state index in [1.54, 1.807) is 6.08 Å². The number of aromatic nitrogens is 1. The summed E-state index contributed by atoms with van der Waals surface area (Å²) in [6, 6.07) is 15.7. The average molecular weight is 238 g/mol. The minimum absolute atomic E-state index is 0.699. The highest BCUT2D eigenvalue weighted by Gasteiger charge is 1.98. The molecule has 0 aliphatic rings. The van der Waals surface area contributed by atoms with E-state index in [1.165, 1.54) is 6.08 Å². The van der Waals surface area contributed by atoms with Crippen LogP contribution in [0.1, 0.15) is 5.56 Å². The lowest BCUT2D eigenvalue weighted by atomic mass is 10.2. The van der Waals surface area contributed by atoms with Gasteiger partial charge in [0.25, 0.3) is 0 Å². The van der Waals surface area contributed by atoms with E-state index in [9.17, 15) is 0 Å². The van der Waals surface area contributed by atoms with E-state index in [1.807, 2.05) is 59.3 Å². The molecular weight excluding hydrogens is 228 g/mol. The minimum Gasteiger partial charge on any atom is -0.308 e. The van der Waals surface area contributed by atoms with Gasteiger partial charge < -0.3 is 4.57 Å². The molecule has 0 saturated carbocycles. The van der Waals surface area contributed by atoms with Crippen LogP contribution in [0.5, 0.6) is 0 Å². The van der Waals surface area contributed by atoms with Crippen molar-refractivity contribution in [2.75, 3.05) is 0 Å². The van der Waals surface area contributed by atoms with E-state index >= 15 is 0 Å². The van der Waals surface area contributed by atoms with Gasteiger partial charge in [-0.3, -0.25) is 0 Å². The SMILES string of the molecule is N#C/C=C\c1cccn(-c2ccccc2)c1=S. The molecule has 3 heteroatoms. The number of rotatable bonds is 2. The van der Waals surface area contributed by atoms with Gasteiger partial charge in [0.1, 0.15) is 4.64 Å². The quantitative estimate of drug-likeness (QED) is 0.589. The molecule has 0 atom stereocenters. The fourth-order valence-electron chi connectivity index (χ4n) is 1.56. The summed E-state index contributed by atoms with van der Waals surface area (Å²) in [4.78, 5) is 0. The zero-order chi connectivity index (χ0) is 12.1. The number of hydrogen-bond acceptors (Lipinski definition) is 2. The molecule has 1 aromatic carbocycles. The molecular formula is C14H10N2S. The molecule has 0 aliphatic heterocycles. The third kappa shape index (κ3) is 2.49. The van der Waals surface area contributed by atoms with Crippen molar-refractivity contribution >= 4 is 18.3 Å². The Hall–Kier alpha value is -2.18. The topological polar surface area (TPSA) is 28.7 Å². The number of benzene rings is 1. The van der Waals surface area contributed by atoms with Crippen molar-refractivity contribution < 1.29 is 0 Å². The number of hydrogen-bond donors (Lipinski definition) is 0. The van der Waals surface area contributed by atoms with Crippen molar-refractivity contribution in [3.8, 4) is 11.8 Å². The molecule has 0 radical (unpaired) electrons. The minimum atomic E-state index is 0.699. The van der Waals surface area contributed by atoms with Gasteiger partial charge >= 0.3 is 0 Å². The summed E-state index contributed by atoms with van der Waals surface area (Å²) in [5.74, 6) is 0. The first-order chi connectivity index (χ1) is 8.33. The molecule has 0 spiro atoms. The van der Waals surface area contributed by atoms with E-state index in [0.29, 0.717) is 4.64 Å². The summed E-state index contributed by atoms with van der Waals surface area (Å²) in [7, 11) is 0. The maximum atomic E-state index is 8.53. The van der Waals surface area contributed by atoms with Gasteiger partial charge in [0.15, 0.2) is 0 Å². The fourth-order valence-corrected chi connectivity index (χ4v) is 1.86. The number of pyridine rings is 1. The molecule has 0 fully saturated rings. The van der Waals surface area contributed by atoms with Crippen molar-refractivity contribution in [2.24, 2.45) is 0 Å². The van der Waals surface area contributed by atoms with Crippen LogP contribution < -0.4 is 0 Å². The molecule has 0 bridgehead atoms. The molecule has 2 rings (SSSR count). The average Bonchev–Trinajstić information content (AvgIpc) is 2.39. The second kappa shape index (κ2) is 5.24. The number of allylic oxidation sites excluding steroid dienone is 1. The Kier molecular flexibility index (Phi) is 3.49. The van der Waals surface area contributed by atoms with Crippen LogP contribution in [0.2, 0.25) is 0 Å². The fraction of sp³-hybridized carbons (Fsp3) is 0. The lowest BCUT2D eigenvalue weighted by Crippen LogP contribution is -1.97. The van der Waals surface area contributed by atoms with E-state index in [-0.39, 0.29) is 0 Å². The highest BCUT2D eigenvalue weighted by Crippen LogP contribution is 2.12. The molecule has 82 valence electrons. The molecule has 0 saturated heterocycles. The Morgan fingerprint density at radius 3 is 2.59 bits per heavy atom. The van der Waals surface area contributed by atoms with Crippen molar-refractivity contribution in [2.45, 2.75) is 0 Å². The Balaban J connectivity index is 2.55. The molecule has 2 nitrogen and oxygen atoms in total. The van der Waals surface area contributed by atoms with Gasteiger partial charge in [0.05, 0.1) is 6.07 Å². The van der Waals surface area contributed by atoms with Crippen LogP contribution in [-0.4, -0.2) is 4.57 Å². The van der Waals surface area contributed by atoms with Crippen LogP contribution in [0.25, 0.3) is 11.8 Å². The van der Waals surface area contributed by atoms with E-state index in [0.717, 1.165) is 11.3 Å². The highest BCUT2D eigenvalue weighted by molar-refractivity contribution is 7.71.